The molecule has 3 heteroatoms. The number of benzene rings is 6. The average Bonchev–Trinajstić information content (AvgIpc) is 3.55. The Balaban J connectivity index is 1.24. The van der Waals surface area contributed by atoms with Crippen molar-refractivity contribution < 1.29 is 0 Å². The summed E-state index contributed by atoms with van der Waals surface area (Å²) in [5, 5.41) is 4.97. The van der Waals surface area contributed by atoms with Gasteiger partial charge in [-0.05, 0) is 99.4 Å². The van der Waals surface area contributed by atoms with Crippen molar-refractivity contribution >= 4 is 59.3 Å². The maximum absolute atomic E-state index is 4.35. The standard InChI is InChI=1S/C42H30N2S/c1-42(2)38-11-7-6-10-34(38)35-24-32(16-18-39(35)42)44(31-14-12-28(13-15-31)27-8-4-3-5-9-27)33-17-19-40-37(25-33)36-22-29-20-21-43-26-30(29)23-41(36)45-40/h3-26H,1-2H3. The zero-order chi connectivity index (χ0) is 30.1. The van der Waals surface area contributed by atoms with Crippen LogP contribution in [0.4, 0.5) is 17.1 Å². The summed E-state index contributed by atoms with van der Waals surface area (Å²) in [6.45, 7) is 4.68. The van der Waals surface area contributed by atoms with Crippen molar-refractivity contribution in [2.24, 2.45) is 0 Å². The quantitative estimate of drug-likeness (QED) is 0.201. The lowest BCUT2D eigenvalue weighted by molar-refractivity contribution is 0.660. The Morgan fingerprint density at radius 2 is 1.22 bits per heavy atom. The van der Waals surface area contributed by atoms with Gasteiger partial charge in [0.15, 0.2) is 0 Å². The van der Waals surface area contributed by atoms with Crippen molar-refractivity contribution in [3.63, 3.8) is 0 Å². The van der Waals surface area contributed by atoms with Gasteiger partial charge in [0.1, 0.15) is 0 Å². The first-order chi connectivity index (χ1) is 22.0. The molecule has 2 aromatic heterocycles. The number of aromatic nitrogens is 1. The second kappa shape index (κ2) is 9.88. The highest BCUT2D eigenvalue weighted by atomic mass is 32.1. The maximum atomic E-state index is 4.35. The van der Waals surface area contributed by atoms with E-state index in [9.17, 15) is 0 Å². The molecule has 0 unspecified atom stereocenters. The molecule has 6 aromatic carbocycles. The smallest absolute Gasteiger partial charge is 0.0468 e. The summed E-state index contributed by atoms with van der Waals surface area (Å²) in [4.78, 5) is 6.76. The first kappa shape index (κ1) is 26.2. The monoisotopic (exact) mass is 594 g/mol. The van der Waals surface area contributed by atoms with Crippen molar-refractivity contribution in [2.75, 3.05) is 4.90 Å². The summed E-state index contributed by atoms with van der Waals surface area (Å²) < 4.78 is 2.58. The first-order valence-electron chi connectivity index (χ1n) is 15.4. The molecule has 214 valence electrons. The molecule has 0 saturated heterocycles. The Morgan fingerprint density at radius 1 is 0.533 bits per heavy atom. The number of thiophene rings is 1. The van der Waals surface area contributed by atoms with Crippen LogP contribution >= 0.6 is 11.3 Å². The number of anilines is 3. The van der Waals surface area contributed by atoms with Gasteiger partial charge in [-0.3, -0.25) is 4.98 Å². The fraction of sp³-hybridized carbons (Fsp3) is 0.0714. The lowest BCUT2D eigenvalue weighted by Gasteiger charge is -2.27. The normalized spacial score (nSPS) is 13.3. The molecule has 0 atom stereocenters. The molecular weight excluding hydrogens is 565 g/mol. The third-order valence-electron chi connectivity index (χ3n) is 9.53. The molecule has 1 aliphatic rings. The SMILES string of the molecule is CC1(C)c2ccccc2-c2cc(N(c3ccc(-c4ccccc4)cc3)c3ccc4sc5cc6cnccc6cc5c4c3)ccc21. The van der Waals surface area contributed by atoms with Crippen LogP contribution in [0.25, 0.3) is 53.2 Å². The van der Waals surface area contributed by atoms with Crippen molar-refractivity contribution in [3.8, 4) is 22.3 Å². The predicted octanol–water partition coefficient (Wildman–Crippen LogP) is 12.0. The highest BCUT2D eigenvalue weighted by Gasteiger charge is 2.35. The molecule has 45 heavy (non-hydrogen) atoms. The third-order valence-corrected chi connectivity index (χ3v) is 10.7. The summed E-state index contributed by atoms with van der Waals surface area (Å²) in [6, 6.07) is 49.1. The van der Waals surface area contributed by atoms with Crippen LogP contribution in [-0.4, -0.2) is 4.98 Å². The van der Waals surface area contributed by atoms with Crippen LogP contribution < -0.4 is 4.90 Å². The highest BCUT2D eigenvalue weighted by molar-refractivity contribution is 7.25. The summed E-state index contributed by atoms with van der Waals surface area (Å²) in [7, 11) is 0. The molecular formula is C42H30N2S. The van der Waals surface area contributed by atoms with Crippen LogP contribution in [0.3, 0.4) is 0 Å². The van der Waals surface area contributed by atoms with Gasteiger partial charge in [-0.1, -0.05) is 86.6 Å². The zero-order valence-corrected chi connectivity index (χ0v) is 26.0. The van der Waals surface area contributed by atoms with E-state index in [0.717, 1.165) is 17.1 Å². The number of fused-ring (bicyclic) bond motifs is 7. The van der Waals surface area contributed by atoms with E-state index >= 15 is 0 Å². The third kappa shape index (κ3) is 4.12. The number of rotatable bonds is 4. The van der Waals surface area contributed by atoms with E-state index in [1.807, 2.05) is 23.7 Å². The Morgan fingerprint density at radius 3 is 2.09 bits per heavy atom. The summed E-state index contributed by atoms with van der Waals surface area (Å²) in [5.74, 6) is 0. The largest absolute Gasteiger partial charge is 0.310 e. The molecule has 0 N–H and O–H groups in total. The highest BCUT2D eigenvalue weighted by Crippen LogP contribution is 2.51. The minimum absolute atomic E-state index is 0.0284. The molecule has 1 aliphatic carbocycles. The molecule has 9 rings (SSSR count). The first-order valence-corrected chi connectivity index (χ1v) is 16.3. The minimum Gasteiger partial charge on any atom is -0.310 e. The van der Waals surface area contributed by atoms with E-state index in [0.29, 0.717) is 0 Å². The summed E-state index contributed by atoms with van der Waals surface area (Å²) in [6.07, 6.45) is 3.83. The van der Waals surface area contributed by atoms with Gasteiger partial charge in [0, 0.05) is 60.4 Å². The Kier molecular flexibility index (Phi) is 5.75. The van der Waals surface area contributed by atoms with Gasteiger partial charge < -0.3 is 4.90 Å². The Hall–Kier alpha value is -5.25. The minimum atomic E-state index is -0.0284. The Bertz CT molecular complexity index is 2400. The van der Waals surface area contributed by atoms with E-state index in [4.69, 9.17) is 0 Å². The molecule has 2 heterocycles. The number of nitrogens with zero attached hydrogens (tertiary/aromatic N) is 2. The van der Waals surface area contributed by atoms with Gasteiger partial charge in [-0.15, -0.1) is 11.3 Å². The van der Waals surface area contributed by atoms with Gasteiger partial charge in [0.2, 0.25) is 0 Å². The molecule has 0 fully saturated rings. The van der Waals surface area contributed by atoms with Crippen LogP contribution in [0.5, 0.6) is 0 Å². The number of hydrogen-bond acceptors (Lipinski definition) is 3. The van der Waals surface area contributed by atoms with Crippen molar-refractivity contribution in [1.82, 2.24) is 4.98 Å². The maximum Gasteiger partial charge on any atom is 0.0468 e. The van der Waals surface area contributed by atoms with Gasteiger partial charge in [-0.25, -0.2) is 0 Å². The molecule has 0 saturated carbocycles. The van der Waals surface area contributed by atoms with Crippen LogP contribution in [0.1, 0.15) is 25.0 Å². The van der Waals surface area contributed by atoms with E-state index in [-0.39, 0.29) is 5.41 Å². The molecule has 0 bridgehead atoms. The average molecular weight is 595 g/mol. The van der Waals surface area contributed by atoms with E-state index in [1.54, 1.807) is 0 Å². The van der Waals surface area contributed by atoms with Crippen LogP contribution in [0, 0.1) is 0 Å². The fourth-order valence-electron chi connectivity index (χ4n) is 7.21. The van der Waals surface area contributed by atoms with Crippen LogP contribution in [0.15, 0.2) is 146 Å². The lowest BCUT2D eigenvalue weighted by atomic mass is 9.82. The topological polar surface area (TPSA) is 16.1 Å². The van der Waals surface area contributed by atoms with Crippen molar-refractivity contribution in [2.45, 2.75) is 19.3 Å². The molecule has 0 radical (unpaired) electrons. The molecule has 8 aromatic rings. The van der Waals surface area contributed by atoms with Gasteiger partial charge >= 0.3 is 0 Å². The fourth-order valence-corrected chi connectivity index (χ4v) is 8.33. The van der Waals surface area contributed by atoms with Crippen LogP contribution in [0.2, 0.25) is 0 Å². The summed E-state index contributed by atoms with van der Waals surface area (Å²) in [5.41, 5.74) is 11.3. The van der Waals surface area contributed by atoms with Gasteiger partial charge in [0.25, 0.3) is 0 Å². The Labute approximate surface area is 266 Å². The number of pyridine rings is 1. The second-order valence-electron chi connectivity index (χ2n) is 12.5. The van der Waals surface area contributed by atoms with Crippen molar-refractivity contribution in [1.29, 1.82) is 0 Å². The molecule has 0 spiro atoms. The summed E-state index contributed by atoms with van der Waals surface area (Å²) >= 11 is 1.85. The second-order valence-corrected chi connectivity index (χ2v) is 13.6. The molecule has 0 amide bonds. The van der Waals surface area contributed by atoms with E-state index < -0.39 is 0 Å². The van der Waals surface area contributed by atoms with E-state index in [1.165, 1.54) is 64.3 Å². The lowest BCUT2D eigenvalue weighted by Crippen LogP contribution is -2.15. The van der Waals surface area contributed by atoms with Crippen molar-refractivity contribution in [3.05, 3.63) is 157 Å². The van der Waals surface area contributed by atoms with Gasteiger partial charge in [0.05, 0.1) is 0 Å². The molecule has 2 nitrogen and oxygen atoms in total. The van der Waals surface area contributed by atoms with Gasteiger partial charge in [-0.2, -0.15) is 0 Å². The zero-order valence-electron chi connectivity index (χ0n) is 25.2. The predicted molar refractivity (Wildman–Crippen MR) is 192 cm³/mol. The number of hydrogen-bond donors (Lipinski definition) is 0. The van der Waals surface area contributed by atoms with E-state index in [2.05, 4.69) is 157 Å². The molecule has 0 aliphatic heterocycles. The van der Waals surface area contributed by atoms with Crippen LogP contribution in [-0.2, 0) is 5.41 Å².